The van der Waals surface area contributed by atoms with Crippen molar-refractivity contribution in [1.82, 2.24) is 15.9 Å². The van der Waals surface area contributed by atoms with Gasteiger partial charge in [0.05, 0.1) is 0 Å². The second kappa shape index (κ2) is 5.33. The van der Waals surface area contributed by atoms with Gasteiger partial charge >= 0.3 is 12.1 Å². The highest BCUT2D eigenvalue weighted by molar-refractivity contribution is 5.90. The molecule has 0 rings (SSSR count). The molecule has 0 bridgehead atoms. The predicted octanol–water partition coefficient (Wildman–Crippen LogP) is 1.11. The standard InChI is InChI=1S/C10H22N4O3/c1-9(2,3)13-14(7(15)12-11)8(16)17-10(4,5)6/h13H,11H2,1-6H3,(H,12,15). The third kappa shape index (κ3) is 6.75. The van der Waals surface area contributed by atoms with Gasteiger partial charge in [-0.2, -0.15) is 5.01 Å². The Hall–Kier alpha value is -1.34. The Kier molecular flexibility index (Phi) is 4.91. The maximum absolute atomic E-state index is 11.8. The fourth-order valence-corrected chi connectivity index (χ4v) is 0.887. The van der Waals surface area contributed by atoms with Crippen LogP contribution in [-0.4, -0.2) is 28.3 Å². The number of hydrogen-bond acceptors (Lipinski definition) is 5. The van der Waals surface area contributed by atoms with Gasteiger partial charge in [0.2, 0.25) is 0 Å². The summed E-state index contributed by atoms with van der Waals surface area (Å²) in [5.74, 6) is 5.00. The lowest BCUT2D eigenvalue weighted by Crippen LogP contribution is -2.59. The number of nitrogens with one attached hydrogen (secondary N) is 2. The first kappa shape index (κ1) is 15.7. The Morgan fingerprint density at radius 2 is 1.59 bits per heavy atom. The number of imide groups is 1. The summed E-state index contributed by atoms with van der Waals surface area (Å²) in [4.78, 5) is 23.2. The minimum atomic E-state index is -0.810. The zero-order chi connectivity index (χ0) is 13.9. The van der Waals surface area contributed by atoms with E-state index in [1.54, 1.807) is 41.5 Å². The number of nitrogens with zero attached hydrogens (tertiary/aromatic N) is 1. The van der Waals surface area contributed by atoms with E-state index in [9.17, 15) is 9.59 Å². The van der Waals surface area contributed by atoms with Crippen LogP contribution in [0.15, 0.2) is 0 Å². The molecular weight excluding hydrogens is 224 g/mol. The van der Waals surface area contributed by atoms with E-state index in [4.69, 9.17) is 10.6 Å². The number of rotatable bonds is 1. The summed E-state index contributed by atoms with van der Waals surface area (Å²) in [5, 5.41) is 0.714. The second-order valence-electron chi connectivity index (χ2n) is 5.63. The molecule has 0 aromatic heterocycles. The molecule has 0 aliphatic rings. The Labute approximate surface area is 102 Å². The van der Waals surface area contributed by atoms with Gasteiger partial charge in [-0.15, -0.1) is 0 Å². The highest BCUT2D eigenvalue weighted by atomic mass is 16.6. The number of carbonyl (C=O) groups excluding carboxylic acids is 2. The largest absolute Gasteiger partial charge is 0.442 e. The number of amides is 3. The Morgan fingerprint density at radius 3 is 1.88 bits per heavy atom. The van der Waals surface area contributed by atoms with Crippen LogP contribution in [0.3, 0.4) is 0 Å². The molecular formula is C10H22N4O3. The van der Waals surface area contributed by atoms with Gasteiger partial charge < -0.3 is 4.74 Å². The molecule has 0 fully saturated rings. The summed E-state index contributed by atoms with van der Waals surface area (Å²) >= 11 is 0. The van der Waals surface area contributed by atoms with Crippen molar-refractivity contribution < 1.29 is 14.3 Å². The van der Waals surface area contributed by atoms with Crippen molar-refractivity contribution in [1.29, 1.82) is 0 Å². The van der Waals surface area contributed by atoms with E-state index < -0.39 is 23.3 Å². The van der Waals surface area contributed by atoms with Crippen molar-refractivity contribution in [3.8, 4) is 0 Å². The van der Waals surface area contributed by atoms with Crippen LogP contribution in [0.2, 0.25) is 0 Å². The quantitative estimate of drug-likeness (QED) is 0.366. The van der Waals surface area contributed by atoms with Gasteiger partial charge in [0.15, 0.2) is 0 Å². The van der Waals surface area contributed by atoms with E-state index in [1.807, 2.05) is 5.43 Å². The molecule has 0 aliphatic heterocycles. The molecule has 7 nitrogen and oxygen atoms in total. The van der Waals surface area contributed by atoms with E-state index in [0.717, 1.165) is 0 Å². The fraction of sp³-hybridized carbons (Fsp3) is 0.800. The smallest absolute Gasteiger partial charge is 0.433 e. The van der Waals surface area contributed by atoms with Crippen LogP contribution >= 0.6 is 0 Å². The molecule has 0 aromatic rings. The van der Waals surface area contributed by atoms with E-state index in [1.165, 1.54) is 0 Å². The number of ether oxygens (including phenoxy) is 1. The molecule has 0 spiro atoms. The van der Waals surface area contributed by atoms with Crippen molar-refractivity contribution in [3.63, 3.8) is 0 Å². The molecule has 0 unspecified atom stereocenters. The van der Waals surface area contributed by atoms with Crippen molar-refractivity contribution >= 4 is 12.1 Å². The summed E-state index contributed by atoms with van der Waals surface area (Å²) in [6, 6.07) is -0.783. The van der Waals surface area contributed by atoms with Crippen LogP contribution in [0, 0.1) is 0 Å². The zero-order valence-corrected chi connectivity index (χ0v) is 11.2. The molecule has 17 heavy (non-hydrogen) atoms. The maximum atomic E-state index is 11.8. The van der Waals surface area contributed by atoms with E-state index in [0.29, 0.717) is 5.01 Å². The number of nitrogens with two attached hydrogens (primary N) is 1. The first-order chi connectivity index (χ1) is 7.46. The van der Waals surface area contributed by atoms with Crippen LogP contribution < -0.4 is 16.7 Å². The van der Waals surface area contributed by atoms with E-state index in [2.05, 4.69) is 5.43 Å². The minimum absolute atomic E-state index is 0.483. The van der Waals surface area contributed by atoms with Crippen molar-refractivity contribution in [2.75, 3.05) is 0 Å². The second-order valence-corrected chi connectivity index (χ2v) is 5.63. The zero-order valence-electron chi connectivity index (χ0n) is 11.2. The molecule has 4 N–H and O–H groups in total. The molecule has 0 saturated carbocycles. The van der Waals surface area contributed by atoms with Crippen LogP contribution in [-0.2, 0) is 4.74 Å². The van der Waals surface area contributed by atoms with E-state index in [-0.39, 0.29) is 0 Å². The highest BCUT2D eigenvalue weighted by Crippen LogP contribution is 2.10. The maximum Gasteiger partial charge on any atom is 0.433 e. The van der Waals surface area contributed by atoms with Gasteiger partial charge in [0.25, 0.3) is 0 Å². The molecule has 100 valence electrons. The normalized spacial score (nSPS) is 11.9. The van der Waals surface area contributed by atoms with Crippen molar-refractivity contribution in [2.45, 2.75) is 52.7 Å². The van der Waals surface area contributed by atoms with E-state index >= 15 is 0 Å². The lowest BCUT2D eigenvalue weighted by molar-refractivity contribution is 0.0167. The first-order valence-corrected chi connectivity index (χ1v) is 5.28. The number of hydrogen-bond donors (Lipinski definition) is 3. The average molecular weight is 246 g/mol. The summed E-state index contributed by atoms with van der Waals surface area (Å²) in [7, 11) is 0. The molecule has 0 radical (unpaired) electrons. The Balaban J connectivity index is 4.82. The number of hydrazine groups is 2. The molecule has 0 aliphatic carbocycles. The van der Waals surface area contributed by atoms with Crippen molar-refractivity contribution in [2.24, 2.45) is 5.84 Å². The van der Waals surface area contributed by atoms with Gasteiger partial charge in [0.1, 0.15) is 5.60 Å². The predicted molar refractivity (Wildman–Crippen MR) is 63.7 cm³/mol. The Morgan fingerprint density at radius 1 is 1.12 bits per heavy atom. The minimum Gasteiger partial charge on any atom is -0.442 e. The molecule has 3 amide bonds. The lowest BCUT2D eigenvalue weighted by Gasteiger charge is -2.31. The third-order valence-electron chi connectivity index (χ3n) is 1.35. The molecule has 7 heteroatoms. The van der Waals surface area contributed by atoms with Gasteiger partial charge in [-0.3, -0.25) is 5.43 Å². The van der Waals surface area contributed by atoms with Gasteiger partial charge in [-0.25, -0.2) is 20.9 Å². The Bertz CT molecular complexity index is 291. The topological polar surface area (TPSA) is 96.7 Å². The van der Waals surface area contributed by atoms with Crippen molar-refractivity contribution in [3.05, 3.63) is 0 Å². The monoisotopic (exact) mass is 246 g/mol. The third-order valence-corrected chi connectivity index (χ3v) is 1.35. The van der Waals surface area contributed by atoms with Crippen LogP contribution in [0.25, 0.3) is 0 Å². The van der Waals surface area contributed by atoms with Gasteiger partial charge in [0, 0.05) is 5.54 Å². The summed E-state index contributed by atoms with van der Waals surface area (Å²) in [6.45, 7) is 10.5. The highest BCUT2D eigenvalue weighted by Gasteiger charge is 2.30. The SMILES string of the molecule is CC(C)(C)NN(C(=O)NN)C(=O)OC(C)(C)C. The fourth-order valence-electron chi connectivity index (χ4n) is 0.887. The lowest BCUT2D eigenvalue weighted by atomic mass is 10.1. The molecule has 0 saturated heterocycles. The van der Waals surface area contributed by atoms with Gasteiger partial charge in [-0.05, 0) is 41.5 Å². The number of carbonyl (C=O) groups is 2. The van der Waals surface area contributed by atoms with Gasteiger partial charge in [-0.1, -0.05) is 0 Å². The molecule has 0 aromatic carbocycles. The summed E-state index contributed by atoms with van der Waals surface area (Å²) < 4.78 is 5.08. The molecule has 0 atom stereocenters. The average Bonchev–Trinajstić information content (AvgIpc) is 2.08. The molecule has 0 heterocycles. The summed E-state index contributed by atoms with van der Waals surface area (Å²) in [5.41, 5.74) is 3.40. The number of urea groups is 1. The van der Waals surface area contributed by atoms with Crippen LogP contribution in [0.5, 0.6) is 0 Å². The summed E-state index contributed by atoms with van der Waals surface area (Å²) in [6.07, 6.45) is -0.810. The first-order valence-electron chi connectivity index (χ1n) is 5.28. The van der Waals surface area contributed by atoms with Crippen LogP contribution in [0.4, 0.5) is 9.59 Å². The van der Waals surface area contributed by atoms with Crippen LogP contribution in [0.1, 0.15) is 41.5 Å².